The lowest BCUT2D eigenvalue weighted by Gasteiger charge is -2.10. The number of benzene rings is 3. The fourth-order valence-electron chi connectivity index (χ4n) is 3.13. The van der Waals surface area contributed by atoms with Gasteiger partial charge in [-0.15, -0.1) is 0 Å². The van der Waals surface area contributed by atoms with Crippen LogP contribution in [-0.2, 0) is 9.53 Å². The van der Waals surface area contributed by atoms with Crippen LogP contribution in [0.3, 0.4) is 0 Å². The molecule has 0 saturated heterocycles. The number of hydrogen-bond donors (Lipinski definition) is 0. The molecule has 0 aliphatic carbocycles. The summed E-state index contributed by atoms with van der Waals surface area (Å²) in [5.74, 6) is 0.398. The molecule has 3 aromatic rings. The Morgan fingerprint density at radius 2 is 1.64 bits per heavy atom. The van der Waals surface area contributed by atoms with Crippen molar-refractivity contribution in [3.05, 3.63) is 94.7 Å². The molecule has 4 rings (SSSR count). The molecule has 0 saturated carbocycles. The Hall–Kier alpha value is -4.39. The lowest BCUT2D eigenvalue weighted by molar-refractivity contribution is -0.129. The second kappa shape index (κ2) is 9.40. The second-order valence-corrected chi connectivity index (χ2v) is 7.23. The smallest absolute Gasteiger partial charge is 0.363 e. The molecule has 0 amide bonds. The molecule has 33 heavy (non-hydrogen) atoms. The SMILES string of the molecule is COc1ccc(C(=O)Oc2ccc(C=C3N=C(c4ccc(C)cc4)OC3=O)cc2OC)cc1. The van der Waals surface area contributed by atoms with Gasteiger partial charge in [0, 0.05) is 5.56 Å². The number of aryl methyl sites for hydroxylation is 1. The fourth-order valence-corrected chi connectivity index (χ4v) is 3.13. The number of esters is 2. The van der Waals surface area contributed by atoms with Crippen molar-refractivity contribution >= 4 is 23.9 Å². The van der Waals surface area contributed by atoms with Crippen LogP contribution in [0, 0.1) is 6.92 Å². The van der Waals surface area contributed by atoms with Gasteiger partial charge in [0.1, 0.15) is 5.75 Å². The van der Waals surface area contributed by atoms with Gasteiger partial charge in [-0.2, -0.15) is 0 Å². The average molecular weight is 443 g/mol. The van der Waals surface area contributed by atoms with E-state index in [2.05, 4.69) is 4.99 Å². The van der Waals surface area contributed by atoms with Crippen molar-refractivity contribution in [3.8, 4) is 17.2 Å². The van der Waals surface area contributed by atoms with Gasteiger partial charge in [0.05, 0.1) is 19.8 Å². The molecule has 7 heteroatoms. The highest BCUT2D eigenvalue weighted by atomic mass is 16.6. The zero-order valence-electron chi connectivity index (χ0n) is 18.3. The van der Waals surface area contributed by atoms with Crippen LogP contribution in [0.2, 0.25) is 0 Å². The predicted octanol–water partition coefficient (Wildman–Crippen LogP) is 4.58. The largest absolute Gasteiger partial charge is 0.497 e. The Labute approximate surface area is 190 Å². The first-order chi connectivity index (χ1) is 16.0. The van der Waals surface area contributed by atoms with E-state index in [1.165, 1.54) is 7.11 Å². The summed E-state index contributed by atoms with van der Waals surface area (Å²) in [5.41, 5.74) is 2.98. The quantitative estimate of drug-likeness (QED) is 0.315. The Morgan fingerprint density at radius 1 is 0.909 bits per heavy atom. The highest BCUT2D eigenvalue weighted by molar-refractivity contribution is 6.12. The summed E-state index contributed by atoms with van der Waals surface area (Å²) in [5, 5.41) is 0. The van der Waals surface area contributed by atoms with E-state index in [0.29, 0.717) is 22.6 Å². The predicted molar refractivity (Wildman–Crippen MR) is 123 cm³/mol. The van der Waals surface area contributed by atoms with E-state index in [-0.39, 0.29) is 17.3 Å². The van der Waals surface area contributed by atoms with Crippen LogP contribution in [0.4, 0.5) is 0 Å². The van der Waals surface area contributed by atoms with Crippen molar-refractivity contribution in [1.82, 2.24) is 0 Å². The highest BCUT2D eigenvalue weighted by Crippen LogP contribution is 2.30. The molecule has 166 valence electrons. The maximum absolute atomic E-state index is 12.5. The summed E-state index contributed by atoms with van der Waals surface area (Å²) < 4.78 is 21.3. The van der Waals surface area contributed by atoms with E-state index in [1.807, 2.05) is 31.2 Å². The summed E-state index contributed by atoms with van der Waals surface area (Å²) in [6, 6.07) is 19.0. The molecule has 0 radical (unpaired) electrons. The van der Waals surface area contributed by atoms with Gasteiger partial charge < -0.3 is 18.9 Å². The lowest BCUT2D eigenvalue weighted by atomic mass is 10.1. The summed E-state index contributed by atoms with van der Waals surface area (Å²) in [4.78, 5) is 29.1. The molecule has 0 bridgehead atoms. The summed E-state index contributed by atoms with van der Waals surface area (Å²) in [6.07, 6.45) is 1.58. The van der Waals surface area contributed by atoms with Crippen molar-refractivity contribution in [1.29, 1.82) is 0 Å². The highest BCUT2D eigenvalue weighted by Gasteiger charge is 2.24. The molecule has 1 aliphatic heterocycles. The molecule has 0 atom stereocenters. The first-order valence-electron chi connectivity index (χ1n) is 10.1. The number of methoxy groups -OCH3 is 2. The van der Waals surface area contributed by atoms with Crippen LogP contribution < -0.4 is 14.2 Å². The molecule has 1 heterocycles. The van der Waals surface area contributed by atoms with Crippen molar-refractivity contribution < 1.29 is 28.5 Å². The molecule has 0 N–H and O–H groups in total. The Morgan fingerprint density at radius 3 is 2.30 bits per heavy atom. The number of carbonyl (C=O) groups excluding carboxylic acids is 2. The van der Waals surface area contributed by atoms with Gasteiger partial charge in [0.2, 0.25) is 5.90 Å². The molecular formula is C26H21NO6. The number of aliphatic imine (C=N–C) groups is 1. The van der Waals surface area contributed by atoms with Crippen LogP contribution in [0.5, 0.6) is 17.2 Å². The van der Waals surface area contributed by atoms with E-state index in [4.69, 9.17) is 18.9 Å². The number of hydrogen-bond acceptors (Lipinski definition) is 7. The monoisotopic (exact) mass is 443 g/mol. The normalized spacial score (nSPS) is 14.0. The van der Waals surface area contributed by atoms with Gasteiger partial charge >= 0.3 is 11.9 Å². The zero-order valence-corrected chi connectivity index (χ0v) is 18.3. The molecule has 0 spiro atoms. The molecule has 7 nitrogen and oxygen atoms in total. The van der Waals surface area contributed by atoms with Crippen LogP contribution in [0.1, 0.15) is 27.0 Å². The maximum Gasteiger partial charge on any atom is 0.363 e. The van der Waals surface area contributed by atoms with Gasteiger partial charge in [-0.3, -0.25) is 0 Å². The van der Waals surface area contributed by atoms with E-state index in [1.54, 1.807) is 55.7 Å². The topological polar surface area (TPSA) is 83.4 Å². The molecule has 0 unspecified atom stereocenters. The van der Waals surface area contributed by atoms with Gasteiger partial charge in [-0.1, -0.05) is 23.8 Å². The number of ether oxygens (including phenoxy) is 4. The number of rotatable bonds is 6. The van der Waals surface area contributed by atoms with Gasteiger partial charge in [0.15, 0.2) is 17.2 Å². The van der Waals surface area contributed by atoms with Crippen molar-refractivity contribution in [2.24, 2.45) is 4.99 Å². The molecular weight excluding hydrogens is 422 g/mol. The third kappa shape index (κ3) is 4.93. The van der Waals surface area contributed by atoms with Crippen LogP contribution in [0.15, 0.2) is 77.4 Å². The second-order valence-electron chi connectivity index (χ2n) is 7.23. The van der Waals surface area contributed by atoms with Crippen molar-refractivity contribution in [2.45, 2.75) is 6.92 Å². The van der Waals surface area contributed by atoms with E-state index in [0.717, 1.165) is 11.1 Å². The molecule has 0 aromatic heterocycles. The van der Waals surface area contributed by atoms with Crippen LogP contribution in [0.25, 0.3) is 6.08 Å². The van der Waals surface area contributed by atoms with Gasteiger partial charge in [-0.25, -0.2) is 14.6 Å². The number of carbonyl (C=O) groups is 2. The van der Waals surface area contributed by atoms with E-state index < -0.39 is 11.9 Å². The Kier molecular flexibility index (Phi) is 6.22. The minimum absolute atomic E-state index is 0.163. The molecule has 1 aliphatic rings. The summed E-state index contributed by atoms with van der Waals surface area (Å²) in [6.45, 7) is 1.98. The lowest BCUT2D eigenvalue weighted by Crippen LogP contribution is -2.09. The average Bonchev–Trinajstić information content (AvgIpc) is 3.20. The van der Waals surface area contributed by atoms with Crippen molar-refractivity contribution in [2.75, 3.05) is 14.2 Å². The number of nitrogens with zero attached hydrogens (tertiary/aromatic N) is 1. The van der Waals surface area contributed by atoms with E-state index in [9.17, 15) is 9.59 Å². The minimum Gasteiger partial charge on any atom is -0.497 e. The molecule has 3 aromatic carbocycles. The zero-order chi connectivity index (χ0) is 23.4. The Bertz CT molecular complexity index is 1260. The molecule has 0 fully saturated rings. The minimum atomic E-state index is -0.542. The van der Waals surface area contributed by atoms with Crippen molar-refractivity contribution in [3.63, 3.8) is 0 Å². The fraction of sp³-hybridized carbons (Fsp3) is 0.115. The van der Waals surface area contributed by atoms with Crippen LogP contribution >= 0.6 is 0 Å². The third-order valence-electron chi connectivity index (χ3n) is 4.94. The summed E-state index contributed by atoms with van der Waals surface area (Å²) in [7, 11) is 3.02. The summed E-state index contributed by atoms with van der Waals surface area (Å²) >= 11 is 0. The van der Waals surface area contributed by atoms with E-state index >= 15 is 0 Å². The first kappa shape index (κ1) is 21.8. The number of cyclic esters (lactones) is 1. The Balaban J connectivity index is 1.54. The standard InChI is InChI=1S/C26H21NO6/c1-16-4-7-18(8-5-16)24-27-21(26(29)33-24)14-17-6-13-22(23(15-17)31-3)32-25(28)19-9-11-20(30-2)12-10-19/h4-15H,1-3H3. The third-order valence-corrected chi connectivity index (χ3v) is 4.94. The first-order valence-corrected chi connectivity index (χ1v) is 10.1. The van der Waals surface area contributed by atoms with Gasteiger partial charge in [-0.05, 0) is 67.1 Å². The maximum atomic E-state index is 12.5. The van der Waals surface area contributed by atoms with Gasteiger partial charge in [0.25, 0.3) is 0 Å². The van der Waals surface area contributed by atoms with Crippen LogP contribution in [-0.4, -0.2) is 32.1 Å².